The molecule has 0 saturated heterocycles. The molecule has 2 nitrogen and oxygen atoms in total. The molecular weight excluding hydrogens is 188 g/mol. The van der Waals surface area contributed by atoms with E-state index in [2.05, 4.69) is 13.8 Å². The summed E-state index contributed by atoms with van der Waals surface area (Å²) in [4.78, 5) is 11.2. The van der Waals surface area contributed by atoms with Gasteiger partial charge in [0.05, 0.1) is 0 Å². The van der Waals surface area contributed by atoms with Crippen LogP contribution in [0.25, 0.3) is 0 Å². The number of unbranched alkanes of at least 4 members (excludes halogenated alkanes) is 1. The predicted molar refractivity (Wildman–Crippen MR) is 64.0 cm³/mol. The Kier molecular flexibility index (Phi) is 9.91. The fourth-order valence-corrected chi connectivity index (χ4v) is 1.59. The molecule has 0 bridgehead atoms. The smallest absolute Gasteiger partial charge is 0.158 e. The van der Waals surface area contributed by atoms with Crippen LogP contribution in [-0.4, -0.2) is 19.0 Å². The summed E-state index contributed by atoms with van der Waals surface area (Å²) < 4.78 is 5.45. The Hall–Kier alpha value is -0.370. The first kappa shape index (κ1) is 14.6. The van der Waals surface area contributed by atoms with Gasteiger partial charge in [-0.15, -0.1) is 0 Å². The largest absolute Gasteiger partial charge is 0.373 e. The Morgan fingerprint density at radius 2 is 1.93 bits per heavy atom. The van der Waals surface area contributed by atoms with Crippen molar-refractivity contribution in [3.05, 3.63) is 0 Å². The van der Waals surface area contributed by atoms with Crippen molar-refractivity contribution >= 4 is 5.78 Å². The van der Waals surface area contributed by atoms with Gasteiger partial charge < -0.3 is 4.74 Å². The van der Waals surface area contributed by atoms with Crippen LogP contribution in [-0.2, 0) is 9.53 Å². The molecule has 0 aromatic rings. The van der Waals surface area contributed by atoms with E-state index in [-0.39, 0.29) is 5.78 Å². The van der Waals surface area contributed by atoms with Gasteiger partial charge in [-0.25, -0.2) is 0 Å². The lowest BCUT2D eigenvalue weighted by molar-refractivity contribution is -0.124. The molecule has 90 valence electrons. The third-order valence-corrected chi connectivity index (χ3v) is 2.69. The molecule has 0 radical (unpaired) electrons. The number of carbonyl (C=O) groups is 1. The summed E-state index contributed by atoms with van der Waals surface area (Å²) in [7, 11) is 0. The maximum absolute atomic E-state index is 11.2. The Bertz CT molecular complexity index is 155. The number of ether oxygens (including phenoxy) is 1. The first-order valence-corrected chi connectivity index (χ1v) is 6.33. The molecular formula is C13H26O2. The quantitative estimate of drug-likeness (QED) is 0.555. The third kappa shape index (κ3) is 8.61. The van der Waals surface area contributed by atoms with Crippen LogP contribution in [0.3, 0.4) is 0 Å². The second-order valence-corrected chi connectivity index (χ2v) is 4.22. The number of hydrogen-bond donors (Lipinski definition) is 0. The van der Waals surface area contributed by atoms with E-state index in [0.29, 0.717) is 18.9 Å². The number of Topliss-reactive ketones (excluding diaryl/α,β-unsaturated/α-hetero) is 1. The highest BCUT2D eigenvalue weighted by Gasteiger charge is 2.07. The Balaban J connectivity index is 3.49. The van der Waals surface area contributed by atoms with Crippen LogP contribution in [0.5, 0.6) is 0 Å². The van der Waals surface area contributed by atoms with Gasteiger partial charge in [0.15, 0.2) is 5.78 Å². The van der Waals surface area contributed by atoms with Crippen LogP contribution in [0.2, 0.25) is 0 Å². The van der Waals surface area contributed by atoms with E-state index in [1.165, 1.54) is 19.3 Å². The summed E-state index contributed by atoms with van der Waals surface area (Å²) in [6, 6.07) is 0. The second-order valence-electron chi connectivity index (χ2n) is 4.22. The van der Waals surface area contributed by atoms with E-state index >= 15 is 0 Å². The minimum Gasteiger partial charge on any atom is -0.373 e. The van der Waals surface area contributed by atoms with Gasteiger partial charge in [-0.2, -0.15) is 0 Å². The van der Waals surface area contributed by atoms with Crippen LogP contribution in [0.15, 0.2) is 0 Å². The Morgan fingerprint density at radius 1 is 1.20 bits per heavy atom. The maximum Gasteiger partial charge on any atom is 0.158 e. The molecule has 0 saturated carbocycles. The highest BCUT2D eigenvalue weighted by Crippen LogP contribution is 2.12. The molecule has 15 heavy (non-hydrogen) atoms. The minimum absolute atomic E-state index is 0.239. The van der Waals surface area contributed by atoms with Crippen LogP contribution in [0.1, 0.15) is 59.3 Å². The minimum atomic E-state index is 0.239. The predicted octanol–water partition coefficient (Wildman–Crippen LogP) is 3.59. The molecule has 0 amide bonds. The molecule has 0 aliphatic rings. The van der Waals surface area contributed by atoms with Crippen molar-refractivity contribution in [2.45, 2.75) is 59.3 Å². The van der Waals surface area contributed by atoms with Gasteiger partial charge in [0.25, 0.3) is 0 Å². The third-order valence-electron chi connectivity index (χ3n) is 2.69. The molecule has 0 rings (SSSR count). The fraction of sp³-hybridized carbons (Fsp3) is 0.923. The summed E-state index contributed by atoms with van der Waals surface area (Å²) in [6.07, 6.45) is 6.48. The highest BCUT2D eigenvalue weighted by molar-refractivity contribution is 5.79. The summed E-state index contributed by atoms with van der Waals surface area (Å²) in [5.41, 5.74) is 0. The van der Waals surface area contributed by atoms with E-state index in [1.807, 2.05) is 6.92 Å². The normalized spacial score (nSPS) is 12.7. The first-order chi connectivity index (χ1) is 7.24. The summed E-state index contributed by atoms with van der Waals surface area (Å²) >= 11 is 0. The molecule has 0 aliphatic carbocycles. The van der Waals surface area contributed by atoms with E-state index in [9.17, 15) is 4.79 Å². The summed E-state index contributed by atoms with van der Waals surface area (Å²) in [5.74, 6) is 0.877. The topological polar surface area (TPSA) is 26.3 Å². The second kappa shape index (κ2) is 10.2. The maximum atomic E-state index is 11.2. The lowest BCUT2D eigenvalue weighted by Gasteiger charge is -2.14. The lowest BCUT2D eigenvalue weighted by atomic mass is 10.0. The van der Waals surface area contributed by atoms with Crippen molar-refractivity contribution in [1.82, 2.24) is 0 Å². The molecule has 1 unspecified atom stereocenters. The Labute approximate surface area is 94.4 Å². The van der Waals surface area contributed by atoms with Crippen molar-refractivity contribution in [3.63, 3.8) is 0 Å². The monoisotopic (exact) mass is 214 g/mol. The molecule has 0 aliphatic heterocycles. The van der Waals surface area contributed by atoms with Gasteiger partial charge in [-0.05, 0) is 18.8 Å². The van der Waals surface area contributed by atoms with Crippen LogP contribution < -0.4 is 0 Å². The van der Waals surface area contributed by atoms with Crippen molar-refractivity contribution < 1.29 is 9.53 Å². The van der Waals surface area contributed by atoms with Gasteiger partial charge in [0, 0.05) is 13.0 Å². The highest BCUT2D eigenvalue weighted by atomic mass is 16.5. The van der Waals surface area contributed by atoms with Crippen molar-refractivity contribution in [2.75, 3.05) is 13.2 Å². The van der Waals surface area contributed by atoms with Gasteiger partial charge in [-0.1, -0.05) is 40.0 Å². The van der Waals surface area contributed by atoms with Crippen molar-refractivity contribution in [2.24, 2.45) is 5.92 Å². The molecule has 0 aromatic carbocycles. The summed E-state index contributed by atoms with van der Waals surface area (Å²) in [5, 5.41) is 0. The standard InChI is InChI=1S/C13H26O2/c1-4-7-9-12(6-3)10-15-11-13(14)8-5-2/h12H,4-11H2,1-3H3. The number of rotatable bonds is 10. The zero-order chi connectivity index (χ0) is 11.5. The van der Waals surface area contributed by atoms with Gasteiger partial charge >= 0.3 is 0 Å². The molecule has 0 heterocycles. The molecule has 0 fully saturated rings. The van der Waals surface area contributed by atoms with E-state index < -0.39 is 0 Å². The van der Waals surface area contributed by atoms with Crippen molar-refractivity contribution in [1.29, 1.82) is 0 Å². The summed E-state index contributed by atoms with van der Waals surface area (Å²) in [6.45, 7) is 7.49. The molecule has 1 atom stereocenters. The lowest BCUT2D eigenvalue weighted by Crippen LogP contribution is -2.14. The van der Waals surface area contributed by atoms with Crippen molar-refractivity contribution in [3.8, 4) is 0 Å². The fourth-order valence-electron chi connectivity index (χ4n) is 1.59. The Morgan fingerprint density at radius 3 is 2.47 bits per heavy atom. The molecule has 0 N–H and O–H groups in total. The van der Waals surface area contributed by atoms with Gasteiger partial charge in [0.2, 0.25) is 0 Å². The van der Waals surface area contributed by atoms with Gasteiger partial charge in [0.1, 0.15) is 6.61 Å². The molecule has 0 aromatic heterocycles. The average Bonchev–Trinajstić information content (AvgIpc) is 2.23. The SMILES string of the molecule is CCCCC(CC)COCC(=O)CCC. The van der Waals surface area contributed by atoms with E-state index in [0.717, 1.165) is 19.4 Å². The molecule has 0 spiro atoms. The number of ketones is 1. The zero-order valence-corrected chi connectivity index (χ0v) is 10.6. The first-order valence-electron chi connectivity index (χ1n) is 6.33. The average molecular weight is 214 g/mol. The molecule has 2 heteroatoms. The number of hydrogen-bond acceptors (Lipinski definition) is 2. The van der Waals surface area contributed by atoms with E-state index in [1.54, 1.807) is 0 Å². The van der Waals surface area contributed by atoms with Gasteiger partial charge in [-0.3, -0.25) is 4.79 Å². The van der Waals surface area contributed by atoms with Crippen LogP contribution >= 0.6 is 0 Å². The van der Waals surface area contributed by atoms with Crippen LogP contribution in [0, 0.1) is 5.92 Å². The number of carbonyl (C=O) groups excluding carboxylic acids is 1. The van der Waals surface area contributed by atoms with E-state index in [4.69, 9.17) is 4.74 Å². The zero-order valence-electron chi connectivity index (χ0n) is 10.6. The van der Waals surface area contributed by atoms with Crippen LogP contribution in [0.4, 0.5) is 0 Å².